The molecular formula is C16H20N2O2. The second-order valence-electron chi connectivity index (χ2n) is 5.43. The van der Waals surface area contributed by atoms with Crippen LogP contribution in [0.3, 0.4) is 0 Å². The van der Waals surface area contributed by atoms with E-state index in [9.17, 15) is 4.79 Å². The van der Waals surface area contributed by atoms with Crippen molar-refractivity contribution < 1.29 is 4.74 Å². The van der Waals surface area contributed by atoms with Gasteiger partial charge in [0.2, 0.25) is 0 Å². The molecule has 0 radical (unpaired) electrons. The van der Waals surface area contributed by atoms with Gasteiger partial charge >= 0.3 is 0 Å². The summed E-state index contributed by atoms with van der Waals surface area (Å²) in [6, 6.07) is 10.1. The number of rotatable bonds is 4. The molecule has 20 heavy (non-hydrogen) atoms. The molecule has 0 unspecified atom stereocenters. The fourth-order valence-corrected chi connectivity index (χ4v) is 2.72. The van der Waals surface area contributed by atoms with Crippen LogP contribution < -0.4 is 10.9 Å². The average Bonchev–Trinajstić information content (AvgIpc) is 2.99. The van der Waals surface area contributed by atoms with Crippen molar-refractivity contribution in [1.29, 1.82) is 0 Å². The van der Waals surface area contributed by atoms with Gasteiger partial charge in [0, 0.05) is 30.3 Å². The number of ether oxygens (including phenoxy) is 1. The van der Waals surface area contributed by atoms with Gasteiger partial charge in [0.05, 0.1) is 6.10 Å². The van der Waals surface area contributed by atoms with Crippen LogP contribution in [0.4, 0.5) is 0 Å². The van der Waals surface area contributed by atoms with Gasteiger partial charge in [0.15, 0.2) is 0 Å². The van der Waals surface area contributed by atoms with E-state index in [0.717, 1.165) is 35.9 Å². The fourth-order valence-electron chi connectivity index (χ4n) is 2.72. The molecule has 2 aromatic rings. The van der Waals surface area contributed by atoms with Crippen LogP contribution in [0.2, 0.25) is 0 Å². The molecule has 1 aromatic heterocycles. The molecule has 0 bridgehead atoms. The van der Waals surface area contributed by atoms with Crippen molar-refractivity contribution in [3.63, 3.8) is 0 Å². The first-order valence-corrected chi connectivity index (χ1v) is 7.20. The van der Waals surface area contributed by atoms with Crippen LogP contribution in [-0.4, -0.2) is 23.7 Å². The summed E-state index contributed by atoms with van der Waals surface area (Å²) < 4.78 is 5.66. The number of hydrogen-bond acceptors (Lipinski definition) is 3. The molecule has 2 atom stereocenters. The summed E-state index contributed by atoms with van der Waals surface area (Å²) in [6.07, 6.45) is 2.50. The Bertz CT molecular complexity index is 644. The van der Waals surface area contributed by atoms with E-state index in [4.69, 9.17) is 4.74 Å². The van der Waals surface area contributed by atoms with E-state index in [2.05, 4.69) is 17.2 Å². The van der Waals surface area contributed by atoms with Crippen LogP contribution in [0.25, 0.3) is 10.9 Å². The van der Waals surface area contributed by atoms with E-state index in [1.807, 2.05) is 30.3 Å². The molecule has 1 aliphatic heterocycles. The van der Waals surface area contributed by atoms with Crippen molar-refractivity contribution in [2.45, 2.75) is 38.5 Å². The number of fused-ring (bicyclic) bond motifs is 1. The van der Waals surface area contributed by atoms with Crippen LogP contribution in [-0.2, 0) is 11.3 Å². The van der Waals surface area contributed by atoms with E-state index < -0.39 is 0 Å². The lowest BCUT2D eigenvalue weighted by atomic mass is 10.1. The predicted molar refractivity (Wildman–Crippen MR) is 79.8 cm³/mol. The Morgan fingerprint density at radius 2 is 2.30 bits per heavy atom. The lowest BCUT2D eigenvalue weighted by molar-refractivity contribution is 0.0831. The van der Waals surface area contributed by atoms with Crippen molar-refractivity contribution in [3.8, 4) is 0 Å². The molecule has 0 amide bonds. The smallest absolute Gasteiger partial charge is 0.252 e. The summed E-state index contributed by atoms with van der Waals surface area (Å²) in [7, 11) is 0. The second-order valence-corrected chi connectivity index (χ2v) is 5.43. The van der Waals surface area contributed by atoms with E-state index in [1.54, 1.807) is 0 Å². The van der Waals surface area contributed by atoms with Crippen LogP contribution in [0.15, 0.2) is 35.1 Å². The summed E-state index contributed by atoms with van der Waals surface area (Å²) in [4.78, 5) is 15.0. The highest BCUT2D eigenvalue weighted by Gasteiger charge is 2.21. The quantitative estimate of drug-likeness (QED) is 0.897. The summed E-state index contributed by atoms with van der Waals surface area (Å²) in [5.41, 5.74) is 1.64. The predicted octanol–water partition coefficient (Wildman–Crippen LogP) is 2.19. The Labute approximate surface area is 118 Å². The Kier molecular flexibility index (Phi) is 3.85. The average molecular weight is 272 g/mol. The molecule has 106 valence electrons. The lowest BCUT2D eigenvalue weighted by Gasteiger charge is -2.19. The molecule has 4 nitrogen and oxygen atoms in total. The molecule has 1 aromatic carbocycles. The van der Waals surface area contributed by atoms with Crippen molar-refractivity contribution in [2.75, 3.05) is 6.61 Å². The molecule has 3 rings (SSSR count). The van der Waals surface area contributed by atoms with E-state index in [1.165, 1.54) is 0 Å². The van der Waals surface area contributed by atoms with E-state index in [0.29, 0.717) is 6.54 Å². The van der Waals surface area contributed by atoms with Gasteiger partial charge in [-0.2, -0.15) is 0 Å². The van der Waals surface area contributed by atoms with E-state index >= 15 is 0 Å². The van der Waals surface area contributed by atoms with Gasteiger partial charge in [-0.25, -0.2) is 0 Å². The molecule has 0 spiro atoms. The molecule has 1 fully saturated rings. The van der Waals surface area contributed by atoms with Crippen LogP contribution in [0, 0.1) is 0 Å². The highest BCUT2D eigenvalue weighted by atomic mass is 16.5. The summed E-state index contributed by atoms with van der Waals surface area (Å²) in [5, 5.41) is 4.46. The molecule has 0 saturated carbocycles. The normalized spacial score (nSPS) is 20.4. The molecular weight excluding hydrogens is 252 g/mol. The van der Waals surface area contributed by atoms with Gasteiger partial charge in [-0.05, 0) is 37.3 Å². The maximum atomic E-state index is 12.0. The van der Waals surface area contributed by atoms with Crippen LogP contribution in [0.5, 0.6) is 0 Å². The van der Waals surface area contributed by atoms with Crippen LogP contribution in [0.1, 0.15) is 25.3 Å². The minimum atomic E-state index is -0.0178. The minimum absolute atomic E-state index is 0.0178. The molecule has 1 saturated heterocycles. The number of H-pyrrole nitrogens is 1. The van der Waals surface area contributed by atoms with Gasteiger partial charge in [-0.3, -0.25) is 4.79 Å². The zero-order chi connectivity index (χ0) is 13.9. The number of hydrogen-bond donors (Lipinski definition) is 2. The third-order valence-corrected chi connectivity index (χ3v) is 3.97. The number of para-hydroxylation sites is 1. The standard InChI is InChI=1S/C16H20N2O2/c1-11(15-7-4-8-20-15)17-10-13-9-12-5-2-3-6-14(12)18-16(13)19/h2-3,5-6,9,11,15,17H,4,7-8,10H2,1H3,(H,18,19)/t11-,15+/m1/s1. The van der Waals surface area contributed by atoms with E-state index in [-0.39, 0.29) is 17.7 Å². The third kappa shape index (κ3) is 2.76. The highest BCUT2D eigenvalue weighted by Crippen LogP contribution is 2.16. The Hall–Kier alpha value is -1.65. The summed E-state index contributed by atoms with van der Waals surface area (Å²) >= 11 is 0. The second kappa shape index (κ2) is 5.77. The van der Waals surface area contributed by atoms with Gasteiger partial charge in [-0.15, -0.1) is 0 Å². The van der Waals surface area contributed by atoms with Gasteiger partial charge in [0.1, 0.15) is 0 Å². The first-order valence-electron chi connectivity index (χ1n) is 7.20. The first kappa shape index (κ1) is 13.3. The SMILES string of the molecule is C[C@@H](NCc1cc2ccccc2[nH]c1=O)[C@@H]1CCCO1. The summed E-state index contributed by atoms with van der Waals surface area (Å²) in [6.45, 7) is 3.54. The lowest BCUT2D eigenvalue weighted by Crippen LogP contribution is -2.37. The molecule has 2 heterocycles. The molecule has 1 aliphatic rings. The number of nitrogens with one attached hydrogen (secondary N) is 2. The van der Waals surface area contributed by atoms with Gasteiger partial charge in [0.25, 0.3) is 5.56 Å². The largest absolute Gasteiger partial charge is 0.377 e. The fraction of sp³-hybridized carbons (Fsp3) is 0.438. The van der Waals surface area contributed by atoms with Crippen molar-refractivity contribution in [1.82, 2.24) is 10.3 Å². The Morgan fingerprint density at radius 3 is 3.10 bits per heavy atom. The van der Waals surface area contributed by atoms with Gasteiger partial charge in [-0.1, -0.05) is 18.2 Å². The first-order chi connectivity index (χ1) is 9.74. The molecule has 0 aliphatic carbocycles. The maximum Gasteiger partial charge on any atom is 0.252 e. The number of aromatic amines is 1. The number of benzene rings is 1. The zero-order valence-corrected chi connectivity index (χ0v) is 11.7. The number of aromatic nitrogens is 1. The van der Waals surface area contributed by atoms with Crippen molar-refractivity contribution in [2.24, 2.45) is 0 Å². The van der Waals surface area contributed by atoms with Gasteiger partial charge < -0.3 is 15.0 Å². The monoisotopic (exact) mass is 272 g/mol. The van der Waals surface area contributed by atoms with Crippen LogP contribution >= 0.6 is 0 Å². The highest BCUT2D eigenvalue weighted by molar-refractivity contribution is 5.78. The van der Waals surface area contributed by atoms with Crippen molar-refractivity contribution in [3.05, 3.63) is 46.2 Å². The maximum absolute atomic E-state index is 12.0. The minimum Gasteiger partial charge on any atom is -0.377 e. The topological polar surface area (TPSA) is 54.1 Å². The zero-order valence-electron chi connectivity index (χ0n) is 11.7. The molecule has 2 N–H and O–H groups in total. The van der Waals surface area contributed by atoms with Crippen molar-refractivity contribution >= 4 is 10.9 Å². The summed E-state index contributed by atoms with van der Waals surface area (Å²) in [5.74, 6) is 0. The Morgan fingerprint density at radius 1 is 1.45 bits per heavy atom. The third-order valence-electron chi connectivity index (χ3n) is 3.97. The number of pyridine rings is 1. The molecule has 4 heteroatoms. The Balaban J connectivity index is 1.73.